The summed E-state index contributed by atoms with van der Waals surface area (Å²) in [6, 6.07) is 11.3. The van der Waals surface area contributed by atoms with E-state index < -0.39 is 0 Å². The number of aryl methyl sites for hydroxylation is 1. The average molecular weight is 284 g/mol. The molecule has 0 radical (unpaired) electrons. The zero-order valence-corrected chi connectivity index (χ0v) is 12.5. The summed E-state index contributed by atoms with van der Waals surface area (Å²) in [6.45, 7) is 4.50. The predicted molar refractivity (Wildman–Crippen MR) is 81.0 cm³/mol. The first-order valence-corrected chi connectivity index (χ1v) is 7.03. The van der Waals surface area contributed by atoms with E-state index in [1.807, 2.05) is 25.1 Å². The van der Waals surface area contributed by atoms with Gasteiger partial charge in [-0.1, -0.05) is 0 Å². The van der Waals surface area contributed by atoms with E-state index in [1.54, 1.807) is 18.4 Å². The van der Waals surface area contributed by atoms with Gasteiger partial charge in [0.05, 0.1) is 24.5 Å². The van der Waals surface area contributed by atoms with Crippen LogP contribution in [0.3, 0.4) is 0 Å². The number of furan rings is 1. The van der Waals surface area contributed by atoms with Crippen LogP contribution in [0.2, 0.25) is 0 Å². The molecule has 4 nitrogen and oxygen atoms in total. The van der Waals surface area contributed by atoms with Crippen molar-refractivity contribution in [2.75, 3.05) is 20.2 Å². The SMILES string of the molecule is Cc1occc1CN(C)CCCOc1ccc(C#N)cc1. The summed E-state index contributed by atoms with van der Waals surface area (Å²) >= 11 is 0. The lowest BCUT2D eigenvalue weighted by atomic mass is 10.2. The zero-order chi connectivity index (χ0) is 15.1. The smallest absolute Gasteiger partial charge is 0.119 e. The maximum absolute atomic E-state index is 8.73. The number of rotatable bonds is 7. The summed E-state index contributed by atoms with van der Waals surface area (Å²) in [6.07, 6.45) is 2.68. The van der Waals surface area contributed by atoms with E-state index in [0.717, 1.165) is 31.0 Å². The van der Waals surface area contributed by atoms with Crippen LogP contribution in [0, 0.1) is 18.3 Å². The van der Waals surface area contributed by atoms with Crippen molar-refractivity contribution in [2.24, 2.45) is 0 Å². The van der Waals surface area contributed by atoms with Crippen molar-refractivity contribution >= 4 is 0 Å². The molecule has 0 aliphatic rings. The van der Waals surface area contributed by atoms with Crippen molar-refractivity contribution in [3.63, 3.8) is 0 Å². The van der Waals surface area contributed by atoms with E-state index in [0.29, 0.717) is 12.2 Å². The van der Waals surface area contributed by atoms with E-state index in [9.17, 15) is 0 Å². The molecule has 0 spiro atoms. The largest absolute Gasteiger partial charge is 0.494 e. The molecule has 1 aromatic heterocycles. The molecule has 2 rings (SSSR count). The summed E-state index contributed by atoms with van der Waals surface area (Å²) in [5, 5.41) is 8.73. The highest BCUT2D eigenvalue weighted by molar-refractivity contribution is 5.34. The summed E-state index contributed by atoms with van der Waals surface area (Å²) in [5.74, 6) is 1.79. The molecular formula is C17H20N2O2. The van der Waals surface area contributed by atoms with Gasteiger partial charge >= 0.3 is 0 Å². The van der Waals surface area contributed by atoms with Gasteiger partial charge in [-0.05, 0) is 50.7 Å². The molecule has 0 saturated heterocycles. The molecule has 0 atom stereocenters. The highest BCUT2D eigenvalue weighted by atomic mass is 16.5. The van der Waals surface area contributed by atoms with Crippen LogP contribution in [-0.2, 0) is 6.54 Å². The molecule has 0 bridgehead atoms. The van der Waals surface area contributed by atoms with Crippen LogP contribution in [0.15, 0.2) is 41.0 Å². The summed E-state index contributed by atoms with van der Waals surface area (Å²) < 4.78 is 11.0. The zero-order valence-electron chi connectivity index (χ0n) is 12.5. The molecule has 0 unspecified atom stereocenters. The van der Waals surface area contributed by atoms with Crippen molar-refractivity contribution < 1.29 is 9.15 Å². The van der Waals surface area contributed by atoms with Crippen LogP contribution in [0.1, 0.15) is 23.3 Å². The number of nitriles is 1. The minimum atomic E-state index is 0.651. The lowest BCUT2D eigenvalue weighted by molar-refractivity contribution is 0.258. The maximum atomic E-state index is 8.73. The van der Waals surface area contributed by atoms with E-state index in [4.69, 9.17) is 14.4 Å². The Hall–Kier alpha value is -2.25. The van der Waals surface area contributed by atoms with E-state index >= 15 is 0 Å². The Morgan fingerprint density at radius 3 is 2.62 bits per heavy atom. The van der Waals surface area contributed by atoms with Crippen LogP contribution < -0.4 is 4.74 Å². The number of hydrogen-bond donors (Lipinski definition) is 0. The quantitative estimate of drug-likeness (QED) is 0.731. The van der Waals surface area contributed by atoms with Gasteiger partial charge in [-0.25, -0.2) is 0 Å². The fourth-order valence-corrected chi connectivity index (χ4v) is 2.10. The maximum Gasteiger partial charge on any atom is 0.119 e. The third kappa shape index (κ3) is 4.66. The van der Waals surface area contributed by atoms with Crippen LogP contribution in [-0.4, -0.2) is 25.1 Å². The van der Waals surface area contributed by atoms with Gasteiger partial charge in [0.1, 0.15) is 11.5 Å². The molecule has 4 heteroatoms. The minimum Gasteiger partial charge on any atom is -0.494 e. The first kappa shape index (κ1) is 15.1. The Balaban J connectivity index is 1.67. The second kappa shape index (κ2) is 7.51. The molecule has 1 aromatic carbocycles. The topological polar surface area (TPSA) is 49.4 Å². The fraction of sp³-hybridized carbons (Fsp3) is 0.353. The first-order chi connectivity index (χ1) is 10.2. The van der Waals surface area contributed by atoms with Crippen molar-refractivity contribution in [3.05, 3.63) is 53.5 Å². The Labute approximate surface area is 125 Å². The van der Waals surface area contributed by atoms with Gasteiger partial charge in [0.2, 0.25) is 0 Å². The summed E-state index contributed by atoms with van der Waals surface area (Å²) in [7, 11) is 2.09. The van der Waals surface area contributed by atoms with Gasteiger partial charge in [-0.3, -0.25) is 0 Å². The Kier molecular flexibility index (Phi) is 5.42. The van der Waals surface area contributed by atoms with Crippen LogP contribution in [0.25, 0.3) is 0 Å². The van der Waals surface area contributed by atoms with Gasteiger partial charge in [0.15, 0.2) is 0 Å². The van der Waals surface area contributed by atoms with Crippen molar-refractivity contribution in [2.45, 2.75) is 19.9 Å². The molecule has 2 aromatic rings. The Morgan fingerprint density at radius 2 is 2.00 bits per heavy atom. The Morgan fingerprint density at radius 1 is 1.24 bits per heavy atom. The van der Waals surface area contributed by atoms with Crippen LogP contribution >= 0.6 is 0 Å². The van der Waals surface area contributed by atoms with Gasteiger partial charge < -0.3 is 14.1 Å². The van der Waals surface area contributed by atoms with E-state index in [-0.39, 0.29) is 0 Å². The molecule has 0 aliphatic carbocycles. The van der Waals surface area contributed by atoms with E-state index in [1.165, 1.54) is 5.56 Å². The molecule has 0 aliphatic heterocycles. The molecule has 0 saturated carbocycles. The summed E-state index contributed by atoms with van der Waals surface area (Å²) in [4.78, 5) is 2.25. The molecule has 0 amide bonds. The molecule has 0 fully saturated rings. The lowest BCUT2D eigenvalue weighted by Crippen LogP contribution is -2.20. The fourth-order valence-electron chi connectivity index (χ4n) is 2.10. The first-order valence-electron chi connectivity index (χ1n) is 7.03. The van der Waals surface area contributed by atoms with Gasteiger partial charge in [-0.2, -0.15) is 5.26 Å². The number of ether oxygens (including phenoxy) is 1. The molecule has 0 N–H and O–H groups in total. The third-order valence-electron chi connectivity index (χ3n) is 3.34. The van der Waals surface area contributed by atoms with Gasteiger partial charge in [0, 0.05) is 18.7 Å². The number of nitrogens with zero attached hydrogens (tertiary/aromatic N) is 2. The summed E-state index contributed by atoms with van der Waals surface area (Å²) in [5.41, 5.74) is 1.88. The second-order valence-electron chi connectivity index (χ2n) is 5.08. The molecule has 1 heterocycles. The second-order valence-corrected chi connectivity index (χ2v) is 5.08. The average Bonchev–Trinajstić information content (AvgIpc) is 2.89. The molecule has 110 valence electrons. The molecule has 21 heavy (non-hydrogen) atoms. The third-order valence-corrected chi connectivity index (χ3v) is 3.34. The Bertz CT molecular complexity index is 596. The van der Waals surface area contributed by atoms with Gasteiger partial charge in [-0.15, -0.1) is 0 Å². The highest BCUT2D eigenvalue weighted by Gasteiger charge is 2.05. The van der Waals surface area contributed by atoms with Crippen LogP contribution in [0.4, 0.5) is 0 Å². The lowest BCUT2D eigenvalue weighted by Gasteiger charge is -2.16. The van der Waals surface area contributed by atoms with E-state index in [2.05, 4.69) is 18.0 Å². The normalized spacial score (nSPS) is 10.6. The van der Waals surface area contributed by atoms with Crippen molar-refractivity contribution in [1.29, 1.82) is 5.26 Å². The van der Waals surface area contributed by atoms with Crippen molar-refractivity contribution in [1.82, 2.24) is 4.90 Å². The standard InChI is InChI=1S/C17H20N2O2/c1-14-16(8-11-20-14)13-19(2)9-3-10-21-17-6-4-15(12-18)5-7-17/h4-8,11H,3,9-10,13H2,1-2H3. The predicted octanol–water partition coefficient (Wildman–Crippen LogP) is 3.36. The number of benzene rings is 1. The van der Waals surface area contributed by atoms with Gasteiger partial charge in [0.25, 0.3) is 0 Å². The molecular weight excluding hydrogens is 264 g/mol. The highest BCUT2D eigenvalue weighted by Crippen LogP contribution is 2.13. The van der Waals surface area contributed by atoms with Crippen molar-refractivity contribution in [3.8, 4) is 11.8 Å². The number of hydrogen-bond acceptors (Lipinski definition) is 4. The van der Waals surface area contributed by atoms with Crippen LogP contribution in [0.5, 0.6) is 5.75 Å². The minimum absolute atomic E-state index is 0.651. The monoisotopic (exact) mass is 284 g/mol.